The quantitative estimate of drug-likeness (QED) is 0.358. The Morgan fingerprint density at radius 2 is 1.40 bits per heavy atom. The average Bonchev–Trinajstić information content (AvgIpc) is 2.16. The highest BCUT2D eigenvalue weighted by atomic mass is 32.1. The van der Waals surface area contributed by atoms with Crippen molar-refractivity contribution in [1.82, 2.24) is 0 Å². The van der Waals surface area contributed by atoms with Gasteiger partial charge < -0.3 is 17.3 Å². The lowest BCUT2D eigenvalue weighted by molar-refractivity contribution is 0.368. The first-order chi connectivity index (χ1) is 6.97. The number of fused-ring (bicyclic) bond motifs is 1. The number of hydrogen-bond acceptors (Lipinski definition) is 0. The fourth-order valence-corrected chi connectivity index (χ4v) is 1.71. The molecular weight excluding hydrogens is 227 g/mol. The van der Waals surface area contributed by atoms with Gasteiger partial charge in [-0.05, 0) is 18.2 Å². The van der Waals surface area contributed by atoms with Crippen LogP contribution < -0.4 is 0 Å². The van der Waals surface area contributed by atoms with Crippen LogP contribution >= 0.6 is 11.3 Å². The van der Waals surface area contributed by atoms with Crippen LogP contribution in [0.5, 0.6) is 0 Å². The lowest BCUT2D eigenvalue weighted by Gasteiger charge is -1.94. The topological polar surface area (TPSA) is 0 Å². The first-order valence-corrected chi connectivity index (χ1v) is 4.98. The zero-order valence-electron chi connectivity index (χ0n) is 7.54. The van der Waals surface area contributed by atoms with Crippen LogP contribution in [0.3, 0.4) is 0 Å². The van der Waals surface area contributed by atoms with Crippen LogP contribution in [0.2, 0.25) is 0 Å². The van der Waals surface area contributed by atoms with Gasteiger partial charge in [-0.25, -0.2) is 0 Å². The van der Waals surface area contributed by atoms with Gasteiger partial charge in [0.25, 0.3) is 0 Å². The van der Waals surface area contributed by atoms with Crippen molar-refractivity contribution in [2.75, 3.05) is 0 Å². The second kappa shape index (κ2) is 5.07. The summed E-state index contributed by atoms with van der Waals surface area (Å²) in [6.45, 7) is 0. The first-order valence-electron chi connectivity index (χ1n) is 4.10. The van der Waals surface area contributed by atoms with Gasteiger partial charge in [0.2, 0.25) is 16.0 Å². The predicted octanol–water partition coefficient (Wildman–Crippen LogP) is 4.48. The highest BCUT2D eigenvalue weighted by Crippen LogP contribution is 2.16. The molecule has 0 atom stereocenters. The minimum absolute atomic E-state index is 1.33. The third-order valence-electron chi connectivity index (χ3n) is 1.47. The molecule has 1 aromatic heterocycles. The summed E-state index contributed by atoms with van der Waals surface area (Å²) in [5, 5.41) is 3.43. The van der Waals surface area contributed by atoms with Gasteiger partial charge in [0.05, 0.1) is 0 Å². The van der Waals surface area contributed by atoms with E-state index in [9.17, 15) is 17.3 Å². The standard InChI is InChI=1S/C9H7S.BF4/c1-2-6-9-8(4-1)5-3-7-10-9;2-1(3,4)5/h1-7H;/q+1;-1. The normalized spacial score (nSPS) is 10.7. The highest BCUT2D eigenvalue weighted by Gasteiger charge is 2.20. The lowest BCUT2D eigenvalue weighted by atomic mass is 10.3. The van der Waals surface area contributed by atoms with Gasteiger partial charge in [-0.1, -0.05) is 12.1 Å². The maximum absolute atomic E-state index is 9.75. The Bertz CT molecular complexity index is 358. The van der Waals surface area contributed by atoms with E-state index in [-0.39, 0.29) is 0 Å². The summed E-state index contributed by atoms with van der Waals surface area (Å²) in [7, 11) is -6.00. The number of hydrogen-bond donors (Lipinski definition) is 0. The summed E-state index contributed by atoms with van der Waals surface area (Å²) in [4.78, 5) is 0. The molecular formula is C9H7BF4S. The van der Waals surface area contributed by atoms with E-state index < -0.39 is 7.25 Å². The van der Waals surface area contributed by atoms with Crippen LogP contribution in [-0.2, 0) is 0 Å². The molecule has 0 amide bonds. The molecule has 15 heavy (non-hydrogen) atoms. The molecule has 6 heteroatoms. The molecule has 0 aliphatic rings. The number of benzene rings is 1. The molecule has 0 aliphatic carbocycles. The second-order valence-corrected chi connectivity index (χ2v) is 3.59. The lowest BCUT2D eigenvalue weighted by Crippen LogP contribution is -2.02. The molecule has 1 aromatic carbocycles. The summed E-state index contributed by atoms with van der Waals surface area (Å²) in [5.74, 6) is 0. The Morgan fingerprint density at radius 3 is 2.00 bits per heavy atom. The molecule has 80 valence electrons. The summed E-state index contributed by atoms with van der Waals surface area (Å²) in [6, 6.07) is 12.6. The highest BCUT2D eigenvalue weighted by molar-refractivity contribution is 7.16. The number of rotatable bonds is 0. The fourth-order valence-electron chi connectivity index (χ4n) is 0.981. The van der Waals surface area contributed by atoms with Gasteiger partial charge in [0, 0.05) is 11.5 Å². The van der Waals surface area contributed by atoms with E-state index in [0.717, 1.165) is 0 Å². The zero-order chi connectivity index (χ0) is 11.3. The van der Waals surface area contributed by atoms with Crippen LogP contribution in [0.1, 0.15) is 0 Å². The van der Waals surface area contributed by atoms with Gasteiger partial charge in [0.15, 0.2) is 5.38 Å². The van der Waals surface area contributed by atoms with Crippen molar-refractivity contribution in [3.8, 4) is 0 Å². The molecule has 2 aromatic rings. The molecule has 0 radical (unpaired) electrons. The molecule has 0 nitrogen and oxygen atoms in total. The molecule has 0 N–H and O–H groups in total. The Morgan fingerprint density at radius 1 is 0.867 bits per heavy atom. The van der Waals surface area contributed by atoms with Gasteiger partial charge in [-0.3, -0.25) is 0 Å². The van der Waals surface area contributed by atoms with Gasteiger partial charge >= 0.3 is 7.25 Å². The van der Waals surface area contributed by atoms with Gasteiger partial charge in [-0.2, -0.15) is 0 Å². The molecule has 0 bridgehead atoms. The van der Waals surface area contributed by atoms with Crippen LogP contribution in [0.15, 0.2) is 41.8 Å². The molecule has 2 rings (SSSR count). The summed E-state index contributed by atoms with van der Waals surface area (Å²) >= 11 is 1.78. The van der Waals surface area contributed by atoms with Crippen LogP contribution in [0.4, 0.5) is 17.3 Å². The van der Waals surface area contributed by atoms with E-state index >= 15 is 0 Å². The molecule has 1 heterocycles. The third kappa shape index (κ3) is 5.32. The monoisotopic (exact) mass is 234 g/mol. The van der Waals surface area contributed by atoms with Crippen molar-refractivity contribution in [2.24, 2.45) is 0 Å². The Balaban J connectivity index is 0.000000195. The van der Waals surface area contributed by atoms with Crippen LogP contribution in [-0.4, -0.2) is 7.25 Å². The minimum Gasteiger partial charge on any atom is -0.418 e. The van der Waals surface area contributed by atoms with E-state index in [2.05, 4.69) is 41.8 Å². The first kappa shape index (κ1) is 11.9. The molecule has 0 fully saturated rings. The molecule has 0 saturated heterocycles. The van der Waals surface area contributed by atoms with Gasteiger partial charge in [-0.15, -0.1) is 0 Å². The zero-order valence-corrected chi connectivity index (χ0v) is 8.36. The number of halogens is 4. The molecule has 0 saturated carbocycles. The minimum atomic E-state index is -6.00. The Kier molecular flexibility index (Phi) is 4.02. The second-order valence-electron chi connectivity index (χ2n) is 2.65. The largest absolute Gasteiger partial charge is 0.673 e. The van der Waals surface area contributed by atoms with E-state index in [1.807, 2.05) is 0 Å². The van der Waals surface area contributed by atoms with E-state index in [0.29, 0.717) is 0 Å². The smallest absolute Gasteiger partial charge is 0.418 e. The Hall–Kier alpha value is -1.17. The summed E-state index contributed by atoms with van der Waals surface area (Å²) in [5.41, 5.74) is 0. The van der Waals surface area contributed by atoms with Crippen molar-refractivity contribution < 1.29 is 17.3 Å². The van der Waals surface area contributed by atoms with Crippen molar-refractivity contribution in [2.45, 2.75) is 0 Å². The Labute approximate surface area is 88.3 Å². The van der Waals surface area contributed by atoms with E-state index in [1.54, 1.807) is 11.3 Å². The third-order valence-corrected chi connectivity index (χ3v) is 2.39. The fraction of sp³-hybridized carbons (Fsp3) is 0. The summed E-state index contributed by atoms with van der Waals surface area (Å²) < 4.78 is 40.4. The maximum Gasteiger partial charge on any atom is 0.673 e. The molecule has 0 unspecified atom stereocenters. The van der Waals surface area contributed by atoms with Crippen molar-refractivity contribution in [1.29, 1.82) is 0 Å². The van der Waals surface area contributed by atoms with Crippen LogP contribution in [0, 0.1) is 0 Å². The summed E-state index contributed by atoms with van der Waals surface area (Å²) in [6.07, 6.45) is 0. The molecule has 0 aliphatic heterocycles. The van der Waals surface area contributed by atoms with E-state index in [4.69, 9.17) is 0 Å². The maximum atomic E-state index is 9.75. The molecule has 0 spiro atoms. The van der Waals surface area contributed by atoms with Crippen molar-refractivity contribution in [3.63, 3.8) is 0 Å². The average molecular weight is 234 g/mol. The SMILES string of the molecule is F[B-](F)(F)F.c1ccc2[s+]cccc2c1. The van der Waals surface area contributed by atoms with E-state index in [1.165, 1.54) is 10.1 Å². The van der Waals surface area contributed by atoms with Crippen molar-refractivity contribution >= 4 is 28.7 Å². The van der Waals surface area contributed by atoms with Gasteiger partial charge in [0.1, 0.15) is 0 Å². The van der Waals surface area contributed by atoms with Crippen molar-refractivity contribution in [3.05, 3.63) is 41.8 Å². The predicted molar refractivity (Wildman–Crippen MR) is 56.4 cm³/mol. The van der Waals surface area contributed by atoms with Crippen LogP contribution in [0.25, 0.3) is 10.1 Å².